The van der Waals surface area contributed by atoms with E-state index < -0.39 is 0 Å². The highest BCUT2D eigenvalue weighted by Gasteiger charge is 2.43. The lowest BCUT2D eigenvalue weighted by Gasteiger charge is -2.25. The summed E-state index contributed by atoms with van der Waals surface area (Å²) in [4.78, 5) is 14.3. The fourth-order valence-corrected chi connectivity index (χ4v) is 3.28. The molecular weight excluding hydrogens is 240 g/mol. The van der Waals surface area contributed by atoms with Crippen LogP contribution >= 0.6 is 0 Å². The number of ether oxygens (including phenoxy) is 1. The molecule has 2 saturated heterocycles. The lowest BCUT2D eigenvalue weighted by molar-refractivity contribution is -0.122. The second-order valence-electron chi connectivity index (χ2n) is 5.48. The van der Waals surface area contributed by atoms with Gasteiger partial charge >= 0.3 is 0 Å². The Labute approximate surface area is 113 Å². The first-order valence-electron chi connectivity index (χ1n) is 6.86. The average molecular weight is 260 g/mol. The van der Waals surface area contributed by atoms with Crippen molar-refractivity contribution < 1.29 is 9.53 Å². The van der Waals surface area contributed by atoms with E-state index in [-0.39, 0.29) is 11.8 Å². The van der Waals surface area contributed by atoms with Crippen molar-refractivity contribution in [2.45, 2.75) is 31.3 Å². The van der Waals surface area contributed by atoms with Gasteiger partial charge in [-0.25, -0.2) is 0 Å². The Bertz CT molecular complexity index is 472. The van der Waals surface area contributed by atoms with E-state index in [0.29, 0.717) is 12.1 Å². The van der Waals surface area contributed by atoms with Crippen molar-refractivity contribution in [2.24, 2.45) is 5.92 Å². The molecule has 3 atom stereocenters. The highest BCUT2D eigenvalue weighted by atomic mass is 16.5. The first-order valence-corrected chi connectivity index (χ1v) is 6.86. The monoisotopic (exact) mass is 260 g/mol. The third-order valence-electron chi connectivity index (χ3n) is 4.41. The van der Waals surface area contributed by atoms with Gasteiger partial charge in [0.2, 0.25) is 5.91 Å². The average Bonchev–Trinajstić information content (AvgIpc) is 3.08. The van der Waals surface area contributed by atoms with Crippen molar-refractivity contribution in [2.75, 3.05) is 19.1 Å². The summed E-state index contributed by atoms with van der Waals surface area (Å²) >= 11 is 0. The van der Waals surface area contributed by atoms with Crippen LogP contribution in [0.2, 0.25) is 0 Å². The molecule has 0 aliphatic carbocycles. The van der Waals surface area contributed by atoms with E-state index >= 15 is 0 Å². The quantitative estimate of drug-likeness (QED) is 0.901. The molecule has 1 amide bonds. The smallest absolute Gasteiger partial charge is 0.231 e. The third-order valence-corrected chi connectivity index (χ3v) is 4.41. The van der Waals surface area contributed by atoms with E-state index in [0.717, 1.165) is 24.3 Å². The number of hydrogen-bond donors (Lipinski definition) is 1. The van der Waals surface area contributed by atoms with E-state index in [4.69, 9.17) is 4.74 Å². The van der Waals surface area contributed by atoms with Gasteiger partial charge in [0.1, 0.15) is 5.75 Å². The Morgan fingerprint density at radius 1 is 1.32 bits per heavy atom. The van der Waals surface area contributed by atoms with E-state index in [1.54, 1.807) is 12.0 Å². The van der Waals surface area contributed by atoms with Gasteiger partial charge in [0.25, 0.3) is 0 Å². The molecule has 19 heavy (non-hydrogen) atoms. The Hall–Kier alpha value is -1.55. The minimum absolute atomic E-state index is 0.144. The third kappa shape index (κ3) is 2.21. The van der Waals surface area contributed by atoms with Crippen LogP contribution in [0.15, 0.2) is 24.3 Å². The van der Waals surface area contributed by atoms with Gasteiger partial charge in [-0.2, -0.15) is 0 Å². The Morgan fingerprint density at radius 3 is 2.58 bits per heavy atom. The molecule has 3 unspecified atom stereocenters. The predicted octanol–water partition coefficient (Wildman–Crippen LogP) is 1.80. The Balaban J connectivity index is 1.72. The summed E-state index contributed by atoms with van der Waals surface area (Å²) in [5.41, 5.74) is 0.925. The Morgan fingerprint density at radius 2 is 2.05 bits per heavy atom. The normalized spacial score (nSPS) is 28.4. The first-order chi connectivity index (χ1) is 9.19. The van der Waals surface area contributed by atoms with Crippen LogP contribution in [0.3, 0.4) is 0 Å². The van der Waals surface area contributed by atoms with Gasteiger partial charge in [0, 0.05) is 24.8 Å². The number of nitrogens with zero attached hydrogens (tertiary/aromatic N) is 1. The molecule has 102 valence electrons. The van der Waals surface area contributed by atoms with Crippen LogP contribution < -0.4 is 15.0 Å². The van der Waals surface area contributed by atoms with Crippen molar-refractivity contribution in [3.05, 3.63) is 24.3 Å². The van der Waals surface area contributed by atoms with Gasteiger partial charge in [0.15, 0.2) is 0 Å². The lowest BCUT2D eigenvalue weighted by Crippen LogP contribution is -2.38. The molecule has 0 saturated carbocycles. The number of anilines is 1. The molecule has 4 heteroatoms. The molecule has 2 bridgehead atoms. The van der Waals surface area contributed by atoms with Gasteiger partial charge in [0.05, 0.1) is 13.0 Å². The van der Waals surface area contributed by atoms with Crippen molar-refractivity contribution >= 4 is 11.6 Å². The number of amides is 1. The summed E-state index contributed by atoms with van der Waals surface area (Å²) in [6, 6.07) is 8.58. The summed E-state index contributed by atoms with van der Waals surface area (Å²) in [7, 11) is 3.50. The summed E-state index contributed by atoms with van der Waals surface area (Å²) in [5.74, 6) is 1.18. The van der Waals surface area contributed by atoms with Gasteiger partial charge in [-0.05, 0) is 43.5 Å². The Kier molecular flexibility index (Phi) is 3.19. The van der Waals surface area contributed by atoms with Crippen molar-refractivity contribution in [1.29, 1.82) is 0 Å². The number of hydrogen-bond acceptors (Lipinski definition) is 3. The van der Waals surface area contributed by atoms with Gasteiger partial charge in [-0.1, -0.05) is 0 Å². The maximum atomic E-state index is 12.5. The van der Waals surface area contributed by atoms with E-state index in [1.807, 2.05) is 31.3 Å². The van der Waals surface area contributed by atoms with Crippen LogP contribution in [0, 0.1) is 5.92 Å². The van der Waals surface area contributed by atoms with Crippen molar-refractivity contribution in [3.63, 3.8) is 0 Å². The van der Waals surface area contributed by atoms with Crippen LogP contribution in [0.5, 0.6) is 5.75 Å². The van der Waals surface area contributed by atoms with Crippen LogP contribution in [0.25, 0.3) is 0 Å². The largest absolute Gasteiger partial charge is 0.497 e. The zero-order chi connectivity index (χ0) is 13.4. The molecule has 1 aromatic carbocycles. The second-order valence-corrected chi connectivity index (χ2v) is 5.48. The number of fused-ring (bicyclic) bond motifs is 2. The van der Waals surface area contributed by atoms with Crippen LogP contribution in [-0.4, -0.2) is 32.1 Å². The number of methoxy groups -OCH3 is 1. The maximum absolute atomic E-state index is 12.5. The first kappa shape index (κ1) is 12.5. The van der Waals surface area contributed by atoms with Crippen LogP contribution in [0.4, 0.5) is 5.69 Å². The van der Waals surface area contributed by atoms with Gasteiger partial charge in [-0.3, -0.25) is 4.79 Å². The molecule has 0 aromatic heterocycles. The standard InChI is InChI=1S/C15H20N2O2/c1-17(11-4-6-12(19-2)7-5-11)15(18)13-9-10-3-8-14(13)16-10/h4-7,10,13-14,16H,3,8-9H2,1-2H3. The molecule has 4 nitrogen and oxygen atoms in total. The van der Waals surface area contributed by atoms with Gasteiger partial charge in [-0.15, -0.1) is 0 Å². The fourth-order valence-electron chi connectivity index (χ4n) is 3.28. The summed E-state index contributed by atoms with van der Waals surface area (Å²) in [6.45, 7) is 0. The highest BCUT2D eigenvalue weighted by Crippen LogP contribution is 2.35. The van der Waals surface area contributed by atoms with Crippen molar-refractivity contribution in [1.82, 2.24) is 5.32 Å². The molecule has 2 aliphatic heterocycles. The molecule has 1 aromatic rings. The van der Waals surface area contributed by atoms with Gasteiger partial charge < -0.3 is 15.0 Å². The molecule has 2 heterocycles. The molecule has 2 fully saturated rings. The molecular formula is C15H20N2O2. The predicted molar refractivity (Wildman–Crippen MR) is 74.5 cm³/mol. The number of benzene rings is 1. The van der Waals surface area contributed by atoms with E-state index in [1.165, 1.54) is 6.42 Å². The fraction of sp³-hybridized carbons (Fsp3) is 0.533. The second kappa shape index (κ2) is 4.85. The molecule has 1 N–H and O–H groups in total. The number of carbonyl (C=O) groups excluding carboxylic acids is 1. The number of nitrogens with one attached hydrogen (secondary N) is 1. The number of carbonyl (C=O) groups is 1. The lowest BCUT2D eigenvalue weighted by atomic mass is 9.88. The zero-order valence-corrected chi connectivity index (χ0v) is 11.4. The molecule has 2 aliphatic rings. The van der Waals surface area contributed by atoms with Crippen LogP contribution in [-0.2, 0) is 4.79 Å². The zero-order valence-electron chi connectivity index (χ0n) is 11.4. The maximum Gasteiger partial charge on any atom is 0.231 e. The molecule has 3 rings (SSSR count). The summed E-state index contributed by atoms with van der Waals surface area (Å²) in [5, 5.41) is 3.52. The van der Waals surface area contributed by atoms with E-state index in [9.17, 15) is 4.79 Å². The number of rotatable bonds is 3. The molecule has 0 radical (unpaired) electrons. The summed E-state index contributed by atoms with van der Waals surface area (Å²) < 4.78 is 5.14. The minimum Gasteiger partial charge on any atom is -0.497 e. The summed E-state index contributed by atoms with van der Waals surface area (Å²) in [6.07, 6.45) is 3.35. The SMILES string of the molecule is COc1ccc(N(C)C(=O)C2CC3CCC2N3)cc1. The van der Waals surface area contributed by atoms with Crippen molar-refractivity contribution in [3.8, 4) is 5.75 Å². The minimum atomic E-state index is 0.144. The highest BCUT2D eigenvalue weighted by molar-refractivity contribution is 5.95. The van der Waals surface area contributed by atoms with Crippen LogP contribution in [0.1, 0.15) is 19.3 Å². The molecule has 0 spiro atoms. The van der Waals surface area contributed by atoms with E-state index in [2.05, 4.69) is 5.32 Å². The topological polar surface area (TPSA) is 41.6 Å².